The zero-order chi connectivity index (χ0) is 17.7. The van der Waals surface area contributed by atoms with E-state index in [0.717, 1.165) is 11.5 Å². The number of amides is 1. The number of ketones is 1. The van der Waals surface area contributed by atoms with E-state index in [0.29, 0.717) is 25.4 Å². The van der Waals surface area contributed by atoms with Crippen molar-refractivity contribution in [3.63, 3.8) is 0 Å². The van der Waals surface area contributed by atoms with Crippen LogP contribution in [0.5, 0.6) is 0 Å². The average Bonchev–Trinajstić information content (AvgIpc) is 2.87. The maximum Gasteiger partial charge on any atom is 0.289 e. The van der Waals surface area contributed by atoms with Gasteiger partial charge in [-0.1, -0.05) is 20.8 Å². The van der Waals surface area contributed by atoms with Gasteiger partial charge in [-0.05, 0) is 13.8 Å². The van der Waals surface area contributed by atoms with Crippen molar-refractivity contribution >= 4 is 11.7 Å². The van der Waals surface area contributed by atoms with E-state index in [9.17, 15) is 9.59 Å². The Balaban J connectivity index is 1.79. The van der Waals surface area contributed by atoms with Crippen LogP contribution in [0.1, 0.15) is 58.4 Å². The van der Waals surface area contributed by atoms with Gasteiger partial charge in [0.05, 0.1) is 6.54 Å². The fourth-order valence-corrected chi connectivity index (χ4v) is 2.93. The van der Waals surface area contributed by atoms with E-state index in [1.807, 2.05) is 34.6 Å². The normalized spacial score (nSPS) is 20.3. The maximum atomic E-state index is 12.7. The third kappa shape index (κ3) is 3.23. The van der Waals surface area contributed by atoms with E-state index in [2.05, 4.69) is 4.98 Å². The SMILES string of the molecule is CC1(C)CC(=O)C=C(C(=O)N2CCc3oc(C(C)(C)C)nc3C2)O1. The second-order valence-electron chi connectivity index (χ2n) is 8.13. The summed E-state index contributed by atoms with van der Waals surface area (Å²) in [5.41, 5.74) is -0.0237. The Morgan fingerprint density at radius 2 is 2.04 bits per heavy atom. The lowest BCUT2D eigenvalue weighted by Crippen LogP contribution is -2.41. The predicted molar refractivity (Wildman–Crippen MR) is 87.2 cm³/mol. The van der Waals surface area contributed by atoms with Crippen LogP contribution in [0.3, 0.4) is 0 Å². The molecule has 6 nitrogen and oxygen atoms in total. The number of aromatic nitrogens is 1. The molecular weight excluding hydrogens is 308 g/mol. The first-order valence-electron chi connectivity index (χ1n) is 8.27. The Kier molecular flexibility index (Phi) is 3.81. The maximum absolute atomic E-state index is 12.7. The first-order chi connectivity index (χ1) is 11.0. The number of allylic oxidation sites excluding steroid dienone is 1. The van der Waals surface area contributed by atoms with Crippen LogP contribution in [-0.4, -0.2) is 33.7 Å². The minimum atomic E-state index is -0.648. The highest BCUT2D eigenvalue weighted by molar-refractivity contribution is 6.01. The molecule has 6 heteroatoms. The van der Waals surface area contributed by atoms with E-state index < -0.39 is 5.60 Å². The molecule has 2 aliphatic rings. The summed E-state index contributed by atoms with van der Waals surface area (Å²) in [6.07, 6.45) is 2.22. The number of rotatable bonds is 1. The molecule has 0 bridgehead atoms. The number of oxazole rings is 1. The smallest absolute Gasteiger partial charge is 0.289 e. The van der Waals surface area contributed by atoms with E-state index in [1.54, 1.807) is 4.90 Å². The molecule has 24 heavy (non-hydrogen) atoms. The molecule has 1 aromatic rings. The highest BCUT2D eigenvalue weighted by atomic mass is 16.5. The van der Waals surface area contributed by atoms with Gasteiger partial charge in [0.1, 0.15) is 17.1 Å². The highest BCUT2D eigenvalue weighted by Gasteiger charge is 2.35. The van der Waals surface area contributed by atoms with Crippen molar-refractivity contribution in [2.45, 2.75) is 65.0 Å². The van der Waals surface area contributed by atoms with Crippen LogP contribution >= 0.6 is 0 Å². The van der Waals surface area contributed by atoms with Crippen LogP contribution in [-0.2, 0) is 32.7 Å². The van der Waals surface area contributed by atoms with E-state index in [1.165, 1.54) is 6.08 Å². The number of fused-ring (bicyclic) bond motifs is 1. The quantitative estimate of drug-likeness (QED) is 0.790. The summed E-state index contributed by atoms with van der Waals surface area (Å²) in [6.45, 7) is 10.7. The number of hydrogen-bond acceptors (Lipinski definition) is 5. The molecule has 0 saturated heterocycles. The van der Waals surface area contributed by atoms with Gasteiger partial charge < -0.3 is 14.1 Å². The summed E-state index contributed by atoms with van der Waals surface area (Å²) in [5, 5.41) is 0. The minimum absolute atomic E-state index is 0.0799. The standard InChI is InChI=1S/C18H24N2O4/c1-17(2,3)16-19-12-10-20(7-6-13(12)23-16)15(22)14-8-11(21)9-18(4,5)24-14/h8H,6-7,9-10H2,1-5H3. The van der Waals surface area contributed by atoms with Crippen LogP contribution < -0.4 is 0 Å². The Bertz CT molecular complexity index is 722. The van der Waals surface area contributed by atoms with E-state index in [4.69, 9.17) is 9.15 Å². The fourth-order valence-electron chi connectivity index (χ4n) is 2.93. The molecule has 3 heterocycles. The lowest BCUT2D eigenvalue weighted by molar-refractivity contribution is -0.139. The predicted octanol–water partition coefficient (Wildman–Crippen LogP) is 2.51. The van der Waals surface area contributed by atoms with Crippen molar-refractivity contribution in [1.29, 1.82) is 0 Å². The first-order valence-corrected chi connectivity index (χ1v) is 8.27. The Morgan fingerprint density at radius 3 is 2.67 bits per heavy atom. The van der Waals surface area contributed by atoms with Crippen LogP contribution in [0.4, 0.5) is 0 Å². The van der Waals surface area contributed by atoms with Crippen LogP contribution in [0.2, 0.25) is 0 Å². The second-order valence-corrected chi connectivity index (χ2v) is 8.13. The molecule has 0 unspecified atom stereocenters. The van der Waals surface area contributed by atoms with E-state index >= 15 is 0 Å². The largest absolute Gasteiger partial charge is 0.481 e. The molecule has 3 rings (SSSR count). The van der Waals surface area contributed by atoms with Crippen molar-refractivity contribution in [2.75, 3.05) is 6.54 Å². The van der Waals surface area contributed by atoms with Crippen molar-refractivity contribution in [3.05, 3.63) is 29.2 Å². The fraction of sp³-hybridized carbons (Fsp3) is 0.611. The third-order valence-corrected chi connectivity index (χ3v) is 4.15. The van der Waals surface area contributed by atoms with E-state index in [-0.39, 0.29) is 29.3 Å². The van der Waals surface area contributed by atoms with Crippen LogP contribution in [0.25, 0.3) is 0 Å². The van der Waals surface area contributed by atoms with Crippen molar-refractivity contribution in [2.24, 2.45) is 0 Å². The molecule has 0 N–H and O–H groups in total. The molecule has 0 aromatic carbocycles. The molecule has 0 aliphatic carbocycles. The number of carbonyl (C=O) groups excluding carboxylic acids is 2. The Labute approximate surface area is 141 Å². The monoisotopic (exact) mass is 332 g/mol. The molecule has 0 saturated carbocycles. The van der Waals surface area contributed by atoms with Gasteiger partial charge in [0.15, 0.2) is 17.4 Å². The zero-order valence-electron chi connectivity index (χ0n) is 14.9. The molecule has 130 valence electrons. The van der Waals surface area contributed by atoms with Crippen LogP contribution in [0, 0.1) is 0 Å². The third-order valence-electron chi connectivity index (χ3n) is 4.15. The summed E-state index contributed by atoms with van der Waals surface area (Å²) in [7, 11) is 0. The van der Waals surface area contributed by atoms with Crippen molar-refractivity contribution < 1.29 is 18.7 Å². The molecule has 0 spiro atoms. The van der Waals surface area contributed by atoms with Crippen molar-refractivity contribution in [1.82, 2.24) is 9.88 Å². The molecule has 1 amide bonds. The lowest BCUT2D eigenvalue weighted by atomic mass is 9.97. The van der Waals surface area contributed by atoms with Gasteiger partial charge in [0.25, 0.3) is 5.91 Å². The average molecular weight is 332 g/mol. The first kappa shape index (κ1) is 16.7. The Morgan fingerprint density at radius 1 is 1.33 bits per heavy atom. The molecular formula is C18H24N2O4. The molecule has 1 aromatic heterocycles. The van der Waals surface area contributed by atoms with Gasteiger partial charge >= 0.3 is 0 Å². The second kappa shape index (κ2) is 5.46. The van der Waals surface area contributed by atoms with Gasteiger partial charge in [-0.2, -0.15) is 0 Å². The van der Waals surface area contributed by atoms with Gasteiger partial charge in [0, 0.05) is 30.9 Å². The van der Waals surface area contributed by atoms with Gasteiger partial charge in [0.2, 0.25) is 0 Å². The Hall–Kier alpha value is -2.11. The number of carbonyl (C=O) groups is 2. The molecule has 0 radical (unpaired) electrons. The highest BCUT2D eigenvalue weighted by Crippen LogP contribution is 2.30. The number of nitrogens with zero attached hydrogens (tertiary/aromatic N) is 2. The summed E-state index contributed by atoms with van der Waals surface area (Å²) in [6, 6.07) is 0. The number of hydrogen-bond donors (Lipinski definition) is 0. The van der Waals surface area contributed by atoms with Gasteiger partial charge in [-0.3, -0.25) is 9.59 Å². The van der Waals surface area contributed by atoms with Crippen molar-refractivity contribution in [3.8, 4) is 0 Å². The lowest BCUT2D eigenvalue weighted by Gasteiger charge is -2.33. The topological polar surface area (TPSA) is 72.6 Å². The summed E-state index contributed by atoms with van der Waals surface area (Å²) >= 11 is 0. The summed E-state index contributed by atoms with van der Waals surface area (Å²) < 4.78 is 11.6. The zero-order valence-corrected chi connectivity index (χ0v) is 14.9. The van der Waals surface area contributed by atoms with Gasteiger partial charge in [-0.25, -0.2) is 4.98 Å². The minimum Gasteiger partial charge on any atom is -0.481 e. The summed E-state index contributed by atoms with van der Waals surface area (Å²) in [4.78, 5) is 30.8. The molecule has 0 atom stereocenters. The van der Waals surface area contributed by atoms with Gasteiger partial charge in [-0.15, -0.1) is 0 Å². The summed E-state index contributed by atoms with van der Waals surface area (Å²) in [5.74, 6) is 1.32. The van der Waals surface area contributed by atoms with Crippen LogP contribution in [0.15, 0.2) is 16.3 Å². The molecule has 2 aliphatic heterocycles. The number of ether oxygens (including phenoxy) is 1. The molecule has 0 fully saturated rings.